The van der Waals surface area contributed by atoms with Crippen LogP contribution in [0.1, 0.15) is 32.2 Å². The number of Topliss-reactive ketones (excluding diaryl/α,β-unsaturated/α-hetero) is 2. The second-order valence-corrected chi connectivity index (χ2v) is 6.34. The van der Waals surface area contributed by atoms with Crippen LogP contribution in [0.25, 0.3) is 0 Å². The van der Waals surface area contributed by atoms with Crippen molar-refractivity contribution < 1.29 is 14.5 Å². The molecule has 0 heterocycles. The number of carbonyl (C=O) groups is 2. The quantitative estimate of drug-likeness (QED) is 0.466. The molecule has 0 amide bonds. The van der Waals surface area contributed by atoms with Crippen LogP contribution < -0.4 is 0 Å². The molecule has 0 aromatic heterocycles. The molecule has 0 fully saturated rings. The monoisotopic (exact) mass is 373 g/mol. The summed E-state index contributed by atoms with van der Waals surface area (Å²) < 4.78 is 0.749. The predicted molar refractivity (Wildman–Crippen MR) is 87.3 cm³/mol. The highest BCUT2D eigenvalue weighted by atomic mass is 79.9. The van der Waals surface area contributed by atoms with Crippen molar-refractivity contribution in [3.05, 3.63) is 79.8 Å². The van der Waals surface area contributed by atoms with Crippen LogP contribution in [0.5, 0.6) is 0 Å². The van der Waals surface area contributed by atoms with E-state index in [2.05, 4.69) is 15.9 Å². The number of ketones is 2. The lowest BCUT2D eigenvalue weighted by Gasteiger charge is -2.18. The number of hydrogen-bond donors (Lipinski definition) is 0. The molecule has 23 heavy (non-hydrogen) atoms. The van der Waals surface area contributed by atoms with E-state index in [4.69, 9.17) is 0 Å². The molecule has 0 N–H and O–H groups in total. The van der Waals surface area contributed by atoms with E-state index >= 15 is 0 Å². The minimum absolute atomic E-state index is 0.336. The van der Waals surface area contributed by atoms with Gasteiger partial charge in [-0.2, -0.15) is 0 Å². The smallest absolute Gasteiger partial charge is 0.211 e. The first-order valence-corrected chi connectivity index (χ1v) is 7.83. The summed E-state index contributed by atoms with van der Waals surface area (Å²) in [5.74, 6) is -2.49. The van der Waals surface area contributed by atoms with Gasteiger partial charge in [-0.25, -0.2) is 0 Å². The van der Waals surface area contributed by atoms with E-state index in [9.17, 15) is 19.7 Å². The summed E-state index contributed by atoms with van der Waals surface area (Å²) in [5, 5.41) is 11.1. The third kappa shape index (κ3) is 2.82. The Morgan fingerprint density at radius 3 is 2.17 bits per heavy atom. The summed E-state index contributed by atoms with van der Waals surface area (Å²) >= 11 is 3.32. The molecule has 0 spiro atoms. The molecule has 0 radical (unpaired) electrons. The van der Waals surface area contributed by atoms with Crippen LogP contribution in [0.4, 0.5) is 0 Å². The molecular formula is C17H12BrNO4. The lowest BCUT2D eigenvalue weighted by molar-refractivity contribution is -0.484. The van der Waals surface area contributed by atoms with Crippen molar-refractivity contribution in [2.24, 2.45) is 5.92 Å². The van der Waals surface area contributed by atoms with E-state index in [0.29, 0.717) is 16.7 Å². The van der Waals surface area contributed by atoms with Gasteiger partial charge in [-0.15, -0.1) is 0 Å². The third-order valence-electron chi connectivity index (χ3n) is 4.05. The van der Waals surface area contributed by atoms with E-state index in [1.807, 2.05) is 0 Å². The molecule has 6 heteroatoms. The van der Waals surface area contributed by atoms with E-state index < -0.39 is 23.3 Å². The predicted octanol–water partition coefficient (Wildman–Crippen LogP) is 3.50. The van der Waals surface area contributed by atoms with Crippen molar-refractivity contribution in [2.75, 3.05) is 6.54 Å². The summed E-state index contributed by atoms with van der Waals surface area (Å²) in [6.07, 6.45) is 0. The Bertz CT molecular complexity index is 783. The summed E-state index contributed by atoms with van der Waals surface area (Å²) in [4.78, 5) is 35.9. The number of halogens is 1. The fourth-order valence-electron chi connectivity index (χ4n) is 3.03. The maximum Gasteiger partial charge on any atom is 0.211 e. The Morgan fingerprint density at radius 2 is 1.65 bits per heavy atom. The van der Waals surface area contributed by atoms with E-state index in [0.717, 1.165) is 4.47 Å². The van der Waals surface area contributed by atoms with Crippen molar-refractivity contribution in [3.63, 3.8) is 0 Å². The largest absolute Gasteiger partial charge is 0.293 e. The van der Waals surface area contributed by atoms with Gasteiger partial charge < -0.3 is 0 Å². The third-order valence-corrected chi connectivity index (χ3v) is 4.54. The molecule has 1 atom stereocenters. The average Bonchev–Trinajstić information content (AvgIpc) is 2.77. The molecule has 0 saturated carbocycles. The fourth-order valence-corrected chi connectivity index (χ4v) is 3.45. The van der Waals surface area contributed by atoms with Crippen molar-refractivity contribution in [1.82, 2.24) is 0 Å². The number of carbonyl (C=O) groups excluding carboxylic acids is 2. The van der Waals surface area contributed by atoms with Gasteiger partial charge in [-0.05, 0) is 17.7 Å². The molecular weight excluding hydrogens is 362 g/mol. The Morgan fingerprint density at radius 1 is 1.04 bits per heavy atom. The number of benzene rings is 2. The highest BCUT2D eigenvalue weighted by molar-refractivity contribution is 9.10. The molecule has 3 rings (SSSR count). The van der Waals surface area contributed by atoms with Crippen molar-refractivity contribution in [3.8, 4) is 0 Å². The lowest BCUT2D eigenvalue weighted by atomic mass is 9.83. The molecule has 0 saturated heterocycles. The van der Waals surface area contributed by atoms with E-state index in [-0.39, 0.29) is 11.6 Å². The van der Waals surface area contributed by atoms with E-state index in [1.54, 1.807) is 48.5 Å². The second-order valence-electron chi connectivity index (χ2n) is 5.43. The van der Waals surface area contributed by atoms with Gasteiger partial charge in [0, 0.05) is 20.5 Å². The Labute approximate surface area is 140 Å². The number of nitrogens with zero attached hydrogens (tertiary/aromatic N) is 1. The average molecular weight is 374 g/mol. The number of nitro groups is 1. The van der Waals surface area contributed by atoms with Crippen LogP contribution in [0.2, 0.25) is 0 Å². The molecule has 0 aliphatic heterocycles. The Balaban J connectivity index is 2.07. The van der Waals surface area contributed by atoms with Crippen LogP contribution in [0, 0.1) is 16.0 Å². The number of rotatable bonds is 4. The zero-order chi connectivity index (χ0) is 16.6. The zero-order valence-corrected chi connectivity index (χ0v) is 13.5. The van der Waals surface area contributed by atoms with Gasteiger partial charge in [0.25, 0.3) is 0 Å². The van der Waals surface area contributed by atoms with Gasteiger partial charge in [0.15, 0.2) is 11.6 Å². The number of hydrogen-bond acceptors (Lipinski definition) is 4. The molecule has 1 aliphatic carbocycles. The maximum atomic E-state index is 12.6. The highest BCUT2D eigenvalue weighted by Crippen LogP contribution is 2.37. The number of fused-ring (bicyclic) bond motifs is 1. The minimum Gasteiger partial charge on any atom is -0.293 e. The molecule has 1 aliphatic rings. The first kappa shape index (κ1) is 15.6. The lowest BCUT2D eigenvalue weighted by Crippen LogP contribution is -2.29. The Kier molecular flexibility index (Phi) is 4.09. The highest BCUT2D eigenvalue weighted by Gasteiger charge is 2.45. The molecule has 0 unspecified atom stereocenters. The summed E-state index contributed by atoms with van der Waals surface area (Å²) in [6, 6.07) is 13.5. The summed E-state index contributed by atoms with van der Waals surface area (Å²) in [7, 11) is 0. The summed E-state index contributed by atoms with van der Waals surface area (Å²) in [5.41, 5.74) is 1.31. The van der Waals surface area contributed by atoms with Gasteiger partial charge in [-0.1, -0.05) is 52.3 Å². The first-order chi connectivity index (χ1) is 11.0. The minimum atomic E-state index is -1.04. The second kappa shape index (κ2) is 6.04. The molecule has 0 bridgehead atoms. The standard InChI is InChI=1S/C17H12BrNO4/c18-11-5-3-4-10(8-11)14(9-19(22)23)15-16(20)12-6-1-2-7-13(12)17(15)21/h1-8,14-15H,9H2/t14-/m0/s1. The SMILES string of the molecule is O=C1c2ccccc2C(=O)C1[C@@H](C[N+](=O)[O-])c1cccc(Br)c1. The van der Waals surface area contributed by atoms with Crippen LogP contribution in [0.3, 0.4) is 0 Å². The van der Waals surface area contributed by atoms with Gasteiger partial charge >= 0.3 is 0 Å². The van der Waals surface area contributed by atoms with Crippen LogP contribution in [0.15, 0.2) is 53.0 Å². The maximum absolute atomic E-state index is 12.6. The van der Waals surface area contributed by atoms with Crippen LogP contribution >= 0.6 is 15.9 Å². The molecule has 2 aromatic rings. The van der Waals surface area contributed by atoms with Gasteiger partial charge in [0.05, 0.1) is 11.8 Å². The van der Waals surface area contributed by atoms with Gasteiger partial charge in [0.1, 0.15) is 0 Å². The fraction of sp³-hybridized carbons (Fsp3) is 0.176. The molecule has 116 valence electrons. The topological polar surface area (TPSA) is 77.3 Å². The van der Waals surface area contributed by atoms with Crippen LogP contribution in [-0.4, -0.2) is 23.0 Å². The Hall–Kier alpha value is -2.34. The van der Waals surface area contributed by atoms with Crippen molar-refractivity contribution in [1.29, 1.82) is 0 Å². The van der Waals surface area contributed by atoms with Crippen molar-refractivity contribution >= 4 is 27.5 Å². The molecule has 2 aromatic carbocycles. The van der Waals surface area contributed by atoms with Gasteiger partial charge in [-0.3, -0.25) is 19.7 Å². The summed E-state index contributed by atoms with van der Waals surface area (Å²) in [6.45, 7) is -0.466. The van der Waals surface area contributed by atoms with E-state index in [1.165, 1.54) is 0 Å². The first-order valence-electron chi connectivity index (χ1n) is 7.03. The normalized spacial score (nSPS) is 15.5. The van der Waals surface area contributed by atoms with Crippen molar-refractivity contribution in [2.45, 2.75) is 5.92 Å². The zero-order valence-electron chi connectivity index (χ0n) is 11.9. The molecule has 5 nitrogen and oxygen atoms in total. The van der Waals surface area contributed by atoms with Crippen LogP contribution in [-0.2, 0) is 0 Å². The van der Waals surface area contributed by atoms with Gasteiger partial charge in [0.2, 0.25) is 6.54 Å².